The average Bonchev–Trinajstić information content (AvgIpc) is 2.75. The van der Waals surface area contributed by atoms with E-state index in [9.17, 15) is 9.59 Å². The molecule has 4 nitrogen and oxygen atoms in total. The lowest BCUT2D eigenvalue weighted by Crippen LogP contribution is -2.38. The van der Waals surface area contributed by atoms with Crippen molar-refractivity contribution in [3.05, 3.63) is 12.7 Å². The first kappa shape index (κ1) is 17.7. The highest BCUT2D eigenvalue weighted by Gasteiger charge is 2.45. The van der Waals surface area contributed by atoms with Gasteiger partial charge in [0.2, 0.25) is 5.91 Å². The van der Waals surface area contributed by atoms with Crippen LogP contribution in [0.4, 0.5) is 0 Å². The molecular formula is C17H29NO3. The third kappa shape index (κ3) is 5.52. The molecule has 0 spiro atoms. The Morgan fingerprint density at radius 3 is 2.62 bits per heavy atom. The maximum atomic E-state index is 12.2. The summed E-state index contributed by atoms with van der Waals surface area (Å²) in [6.07, 6.45) is 9.33. The minimum Gasteiger partial charge on any atom is -0.461 e. The third-order valence-corrected chi connectivity index (χ3v) is 4.14. The molecular weight excluding hydrogens is 266 g/mol. The van der Waals surface area contributed by atoms with Crippen LogP contribution in [0.1, 0.15) is 58.8 Å². The second-order valence-electron chi connectivity index (χ2n) is 5.88. The smallest absolute Gasteiger partial charge is 0.309 e. The maximum absolute atomic E-state index is 12.2. The van der Waals surface area contributed by atoms with Crippen molar-refractivity contribution in [3.8, 4) is 0 Å². The number of rotatable bonds is 10. The van der Waals surface area contributed by atoms with E-state index >= 15 is 0 Å². The first-order valence-corrected chi connectivity index (χ1v) is 8.20. The number of cyclic esters (lactones) is 1. The van der Waals surface area contributed by atoms with E-state index in [1.54, 1.807) is 13.0 Å². The molecule has 1 aliphatic heterocycles. The lowest BCUT2D eigenvalue weighted by molar-refractivity contribution is -0.144. The molecule has 0 aliphatic carbocycles. The Labute approximate surface area is 128 Å². The van der Waals surface area contributed by atoms with Crippen molar-refractivity contribution >= 4 is 11.9 Å². The van der Waals surface area contributed by atoms with E-state index in [2.05, 4.69) is 18.8 Å². The minimum absolute atomic E-state index is 0.0933. The third-order valence-electron chi connectivity index (χ3n) is 4.14. The van der Waals surface area contributed by atoms with Gasteiger partial charge in [-0.25, -0.2) is 0 Å². The summed E-state index contributed by atoms with van der Waals surface area (Å²) in [4.78, 5) is 23.9. The predicted octanol–water partition coefficient (Wildman–Crippen LogP) is 3.22. The van der Waals surface area contributed by atoms with Crippen LogP contribution >= 0.6 is 0 Å². The molecule has 3 atom stereocenters. The number of carbonyl (C=O) groups is 2. The summed E-state index contributed by atoms with van der Waals surface area (Å²) in [6, 6.07) is 0. The van der Waals surface area contributed by atoms with Crippen LogP contribution in [-0.2, 0) is 14.3 Å². The lowest BCUT2D eigenvalue weighted by atomic mass is 9.88. The lowest BCUT2D eigenvalue weighted by Gasteiger charge is -2.18. The van der Waals surface area contributed by atoms with E-state index in [0.29, 0.717) is 6.54 Å². The van der Waals surface area contributed by atoms with Gasteiger partial charge in [0.15, 0.2) is 0 Å². The molecule has 1 amide bonds. The Morgan fingerprint density at radius 2 is 1.95 bits per heavy atom. The van der Waals surface area contributed by atoms with Crippen LogP contribution in [0, 0.1) is 11.8 Å². The SMILES string of the molecule is C=CCNC(=O)[C@H]1[C@H](CCCCCCCC)OC(=O)[C@H]1C. The molecule has 1 rings (SSSR count). The highest BCUT2D eigenvalue weighted by atomic mass is 16.6. The number of carbonyl (C=O) groups excluding carboxylic acids is 2. The van der Waals surface area contributed by atoms with Gasteiger partial charge < -0.3 is 10.1 Å². The first-order chi connectivity index (χ1) is 10.1. The van der Waals surface area contributed by atoms with Gasteiger partial charge >= 0.3 is 5.97 Å². The fourth-order valence-corrected chi connectivity index (χ4v) is 2.85. The van der Waals surface area contributed by atoms with Crippen LogP contribution in [0.5, 0.6) is 0 Å². The number of unbranched alkanes of at least 4 members (excludes halogenated alkanes) is 5. The van der Waals surface area contributed by atoms with E-state index in [1.807, 2.05) is 0 Å². The van der Waals surface area contributed by atoms with Crippen LogP contribution in [0.25, 0.3) is 0 Å². The molecule has 21 heavy (non-hydrogen) atoms. The second kappa shape index (κ2) is 9.59. The molecule has 1 saturated heterocycles. The van der Waals surface area contributed by atoms with Gasteiger partial charge in [0, 0.05) is 6.54 Å². The van der Waals surface area contributed by atoms with Crippen LogP contribution in [0.15, 0.2) is 12.7 Å². The Hall–Kier alpha value is -1.32. The molecule has 1 heterocycles. The van der Waals surface area contributed by atoms with Gasteiger partial charge in [-0.2, -0.15) is 0 Å². The van der Waals surface area contributed by atoms with Crippen molar-refractivity contribution in [2.24, 2.45) is 11.8 Å². The summed E-state index contributed by atoms with van der Waals surface area (Å²) in [5.41, 5.74) is 0. The van der Waals surface area contributed by atoms with Crippen molar-refractivity contribution < 1.29 is 14.3 Å². The number of esters is 1. The summed E-state index contributed by atoms with van der Waals surface area (Å²) in [5.74, 6) is -1.04. The molecule has 120 valence electrons. The summed E-state index contributed by atoms with van der Waals surface area (Å²) < 4.78 is 5.39. The maximum Gasteiger partial charge on any atom is 0.309 e. The Bertz CT molecular complexity index is 354. The highest BCUT2D eigenvalue weighted by Crippen LogP contribution is 2.31. The quantitative estimate of drug-likeness (QED) is 0.382. The summed E-state index contributed by atoms with van der Waals surface area (Å²) >= 11 is 0. The van der Waals surface area contributed by atoms with Gasteiger partial charge in [-0.15, -0.1) is 6.58 Å². The number of amides is 1. The number of hydrogen-bond donors (Lipinski definition) is 1. The van der Waals surface area contributed by atoms with Gasteiger partial charge in [-0.3, -0.25) is 9.59 Å². The zero-order valence-electron chi connectivity index (χ0n) is 13.4. The van der Waals surface area contributed by atoms with Gasteiger partial charge in [-0.05, 0) is 12.8 Å². The summed E-state index contributed by atoms with van der Waals surface area (Å²) in [6.45, 7) is 7.99. The van der Waals surface area contributed by atoms with Gasteiger partial charge in [0.25, 0.3) is 0 Å². The van der Waals surface area contributed by atoms with Crippen molar-refractivity contribution in [2.75, 3.05) is 6.54 Å². The average molecular weight is 295 g/mol. The molecule has 0 aromatic heterocycles. The highest BCUT2D eigenvalue weighted by molar-refractivity contribution is 5.88. The molecule has 1 N–H and O–H groups in total. The largest absolute Gasteiger partial charge is 0.461 e. The zero-order chi connectivity index (χ0) is 15.7. The van der Waals surface area contributed by atoms with E-state index in [1.165, 1.54) is 25.7 Å². The Kier molecular flexibility index (Phi) is 8.09. The molecule has 1 aliphatic rings. The van der Waals surface area contributed by atoms with E-state index in [-0.39, 0.29) is 29.8 Å². The number of ether oxygens (including phenoxy) is 1. The van der Waals surface area contributed by atoms with Crippen molar-refractivity contribution in [2.45, 2.75) is 64.9 Å². The minimum atomic E-state index is -0.354. The molecule has 0 saturated carbocycles. The fourth-order valence-electron chi connectivity index (χ4n) is 2.85. The normalized spacial score (nSPS) is 24.7. The number of nitrogens with one attached hydrogen (secondary N) is 1. The molecule has 0 bridgehead atoms. The van der Waals surface area contributed by atoms with E-state index in [4.69, 9.17) is 4.74 Å². The van der Waals surface area contributed by atoms with Gasteiger partial charge in [0.1, 0.15) is 6.10 Å². The Balaban J connectivity index is 2.40. The van der Waals surface area contributed by atoms with Gasteiger partial charge in [0.05, 0.1) is 11.8 Å². The van der Waals surface area contributed by atoms with E-state index < -0.39 is 0 Å². The zero-order valence-corrected chi connectivity index (χ0v) is 13.4. The standard InChI is InChI=1S/C17H29NO3/c1-4-6-7-8-9-10-11-14-15(13(3)17(20)21-14)16(19)18-12-5-2/h5,13-15H,2,4,6-12H2,1,3H3,(H,18,19)/t13-,14-,15+/m0/s1. The molecule has 4 heteroatoms. The number of hydrogen-bond acceptors (Lipinski definition) is 3. The molecule has 1 fully saturated rings. The van der Waals surface area contributed by atoms with Gasteiger partial charge in [-0.1, -0.05) is 52.0 Å². The van der Waals surface area contributed by atoms with Crippen molar-refractivity contribution in [1.82, 2.24) is 5.32 Å². The van der Waals surface area contributed by atoms with Crippen LogP contribution in [-0.4, -0.2) is 24.5 Å². The summed E-state index contributed by atoms with van der Waals surface area (Å²) in [7, 11) is 0. The molecule has 0 unspecified atom stereocenters. The van der Waals surface area contributed by atoms with Crippen LogP contribution in [0.3, 0.4) is 0 Å². The molecule has 0 aromatic carbocycles. The van der Waals surface area contributed by atoms with Crippen LogP contribution < -0.4 is 5.32 Å². The molecule has 0 aromatic rings. The summed E-state index contributed by atoms with van der Waals surface area (Å²) in [5, 5.41) is 2.78. The Morgan fingerprint density at radius 1 is 1.29 bits per heavy atom. The van der Waals surface area contributed by atoms with Crippen molar-refractivity contribution in [3.63, 3.8) is 0 Å². The molecule has 0 radical (unpaired) electrons. The van der Waals surface area contributed by atoms with Crippen LogP contribution in [0.2, 0.25) is 0 Å². The van der Waals surface area contributed by atoms with E-state index in [0.717, 1.165) is 19.3 Å². The fraction of sp³-hybridized carbons (Fsp3) is 0.765. The topological polar surface area (TPSA) is 55.4 Å². The predicted molar refractivity (Wildman–Crippen MR) is 83.7 cm³/mol. The monoisotopic (exact) mass is 295 g/mol. The van der Waals surface area contributed by atoms with Crippen molar-refractivity contribution in [1.29, 1.82) is 0 Å². The first-order valence-electron chi connectivity index (χ1n) is 8.20. The second-order valence-corrected chi connectivity index (χ2v) is 5.88.